The molecule has 0 aliphatic carbocycles. The summed E-state index contributed by atoms with van der Waals surface area (Å²) in [6.45, 7) is 12.1. The molecule has 182 valence electrons. The highest BCUT2D eigenvalue weighted by Crippen LogP contribution is 2.15. The van der Waals surface area contributed by atoms with Crippen LogP contribution in [-0.4, -0.2) is 76.6 Å². The summed E-state index contributed by atoms with van der Waals surface area (Å²) in [5, 5.41) is 6.78. The molecule has 0 bridgehead atoms. The fraction of sp³-hybridized carbons (Fsp3) is 0.720. The van der Waals surface area contributed by atoms with Gasteiger partial charge in [-0.3, -0.25) is 9.89 Å². The number of rotatable bonds is 13. The summed E-state index contributed by atoms with van der Waals surface area (Å²) in [4.78, 5) is 6.72. The van der Waals surface area contributed by atoms with Gasteiger partial charge in [-0.05, 0) is 56.8 Å². The third-order valence-corrected chi connectivity index (χ3v) is 5.95. The molecule has 1 aliphatic heterocycles. The zero-order valence-electron chi connectivity index (χ0n) is 20.7. The number of hydrogen-bond donors (Lipinski definition) is 2. The van der Waals surface area contributed by atoms with Crippen molar-refractivity contribution in [3.63, 3.8) is 0 Å². The van der Waals surface area contributed by atoms with E-state index in [0.29, 0.717) is 25.1 Å². The lowest BCUT2D eigenvalue weighted by atomic mass is 10.0. The van der Waals surface area contributed by atoms with Crippen molar-refractivity contribution < 1.29 is 14.2 Å². The second-order valence-corrected chi connectivity index (χ2v) is 8.70. The maximum absolute atomic E-state index is 6.02. The number of hydrogen-bond acceptors (Lipinski definition) is 5. The number of nitrogens with zero attached hydrogens (tertiary/aromatic N) is 2. The maximum atomic E-state index is 6.02. The van der Waals surface area contributed by atoms with E-state index >= 15 is 0 Å². The second kappa shape index (κ2) is 15.1. The quantitative estimate of drug-likeness (QED) is 0.357. The predicted octanol–water partition coefficient (Wildman–Crippen LogP) is 3.29. The number of ether oxygens (including phenoxy) is 3. The Morgan fingerprint density at radius 3 is 2.72 bits per heavy atom. The van der Waals surface area contributed by atoms with Crippen molar-refractivity contribution in [1.82, 2.24) is 15.5 Å². The maximum Gasteiger partial charge on any atom is 0.191 e. The molecule has 1 atom stereocenters. The van der Waals surface area contributed by atoms with Gasteiger partial charge in [0.25, 0.3) is 0 Å². The van der Waals surface area contributed by atoms with Crippen LogP contribution in [0.25, 0.3) is 0 Å². The number of likely N-dealkylation sites (N-methyl/N-ethyl adjacent to an activating group) is 1. The standard InChI is InChI=1S/C25H44N4O3/c1-6-31-24(20(2)3)10-13-27-25(26-4)28-19-21-8-7-9-23(18-21)32-17-14-29(5)22-11-15-30-16-12-22/h7-9,18,20,22,24H,6,10-17,19H2,1-5H3,(H2,26,27,28). The first-order chi connectivity index (χ1) is 15.5. The third-order valence-electron chi connectivity index (χ3n) is 5.95. The molecule has 2 rings (SSSR count). The van der Waals surface area contributed by atoms with Crippen molar-refractivity contribution in [3.05, 3.63) is 29.8 Å². The Balaban J connectivity index is 1.71. The van der Waals surface area contributed by atoms with Crippen molar-refractivity contribution in [3.8, 4) is 5.75 Å². The van der Waals surface area contributed by atoms with E-state index in [1.165, 1.54) is 0 Å². The van der Waals surface area contributed by atoms with Crippen LogP contribution in [-0.2, 0) is 16.0 Å². The van der Waals surface area contributed by atoms with Crippen molar-refractivity contribution in [2.45, 2.75) is 58.7 Å². The summed E-state index contributed by atoms with van der Waals surface area (Å²) in [5.74, 6) is 2.21. The highest BCUT2D eigenvalue weighted by molar-refractivity contribution is 5.79. The molecule has 32 heavy (non-hydrogen) atoms. The summed E-state index contributed by atoms with van der Waals surface area (Å²) in [6, 6.07) is 8.86. The number of guanidine groups is 1. The first-order valence-corrected chi connectivity index (χ1v) is 12.1. The highest BCUT2D eigenvalue weighted by Gasteiger charge is 2.18. The third kappa shape index (κ3) is 9.76. The molecular weight excluding hydrogens is 404 g/mol. The molecule has 1 heterocycles. The Morgan fingerprint density at radius 2 is 2.03 bits per heavy atom. The van der Waals surface area contributed by atoms with Gasteiger partial charge in [0.05, 0.1) is 6.10 Å². The van der Waals surface area contributed by atoms with Crippen LogP contribution < -0.4 is 15.4 Å². The van der Waals surface area contributed by atoms with Crippen molar-refractivity contribution in [2.24, 2.45) is 10.9 Å². The van der Waals surface area contributed by atoms with Crippen LogP contribution in [0.2, 0.25) is 0 Å². The van der Waals surface area contributed by atoms with Gasteiger partial charge in [0.1, 0.15) is 12.4 Å². The molecule has 1 aromatic carbocycles. The van der Waals surface area contributed by atoms with Gasteiger partial charge in [-0.25, -0.2) is 0 Å². The van der Waals surface area contributed by atoms with Crippen molar-refractivity contribution in [2.75, 3.05) is 53.6 Å². The molecule has 7 nitrogen and oxygen atoms in total. The smallest absolute Gasteiger partial charge is 0.191 e. The van der Waals surface area contributed by atoms with Gasteiger partial charge < -0.3 is 24.8 Å². The normalized spacial score (nSPS) is 16.4. The monoisotopic (exact) mass is 448 g/mol. The van der Waals surface area contributed by atoms with E-state index in [9.17, 15) is 0 Å². The molecule has 0 amide bonds. The first-order valence-electron chi connectivity index (χ1n) is 12.1. The van der Waals surface area contributed by atoms with Crippen LogP contribution in [0.4, 0.5) is 0 Å². The van der Waals surface area contributed by atoms with Crippen LogP contribution in [0, 0.1) is 5.92 Å². The van der Waals surface area contributed by atoms with E-state index in [2.05, 4.69) is 53.6 Å². The molecule has 1 fully saturated rings. The van der Waals surface area contributed by atoms with Crippen molar-refractivity contribution >= 4 is 5.96 Å². The summed E-state index contributed by atoms with van der Waals surface area (Å²) >= 11 is 0. The average molecular weight is 449 g/mol. The van der Waals surface area contributed by atoms with Gasteiger partial charge in [0.15, 0.2) is 5.96 Å². The van der Waals surface area contributed by atoms with Gasteiger partial charge in [-0.2, -0.15) is 0 Å². The minimum absolute atomic E-state index is 0.268. The van der Waals surface area contributed by atoms with Crippen LogP contribution in [0.3, 0.4) is 0 Å². The fourth-order valence-electron chi connectivity index (χ4n) is 3.92. The van der Waals surface area contributed by atoms with Crippen LogP contribution in [0.1, 0.15) is 45.6 Å². The fourth-order valence-corrected chi connectivity index (χ4v) is 3.92. The summed E-state index contributed by atoms with van der Waals surface area (Å²) in [6.07, 6.45) is 3.44. The first kappa shape index (κ1) is 26.4. The number of aliphatic imine (C=N–C) groups is 1. The predicted molar refractivity (Wildman–Crippen MR) is 131 cm³/mol. The SMILES string of the molecule is CCOC(CCNC(=NC)NCc1cccc(OCCN(C)C2CCOCC2)c1)C(C)C. The Kier molecular flexibility index (Phi) is 12.5. The molecule has 7 heteroatoms. The molecule has 0 aromatic heterocycles. The van der Waals surface area contributed by atoms with E-state index in [-0.39, 0.29) is 6.10 Å². The Morgan fingerprint density at radius 1 is 1.25 bits per heavy atom. The van der Waals surface area contributed by atoms with Gasteiger partial charge in [0.2, 0.25) is 0 Å². The molecule has 1 saturated heterocycles. The molecule has 0 radical (unpaired) electrons. The lowest BCUT2D eigenvalue weighted by Gasteiger charge is -2.31. The molecule has 1 unspecified atom stereocenters. The van der Waals surface area contributed by atoms with E-state index in [4.69, 9.17) is 14.2 Å². The summed E-state index contributed by atoms with van der Waals surface area (Å²) in [5.41, 5.74) is 1.16. The minimum Gasteiger partial charge on any atom is -0.492 e. The average Bonchev–Trinajstić information content (AvgIpc) is 2.81. The lowest BCUT2D eigenvalue weighted by molar-refractivity contribution is 0.0258. The van der Waals surface area contributed by atoms with E-state index < -0.39 is 0 Å². The lowest BCUT2D eigenvalue weighted by Crippen LogP contribution is -2.39. The molecule has 2 N–H and O–H groups in total. The number of benzene rings is 1. The molecule has 0 saturated carbocycles. The Bertz CT molecular complexity index is 662. The van der Waals surface area contributed by atoms with Gasteiger partial charge >= 0.3 is 0 Å². The van der Waals surface area contributed by atoms with E-state index in [0.717, 1.165) is 69.4 Å². The highest BCUT2D eigenvalue weighted by atomic mass is 16.5. The zero-order valence-corrected chi connectivity index (χ0v) is 20.7. The van der Waals surface area contributed by atoms with Crippen LogP contribution in [0.5, 0.6) is 5.75 Å². The van der Waals surface area contributed by atoms with E-state index in [1.54, 1.807) is 7.05 Å². The van der Waals surface area contributed by atoms with Crippen LogP contribution >= 0.6 is 0 Å². The summed E-state index contributed by atoms with van der Waals surface area (Å²) < 4.78 is 17.3. The number of nitrogens with one attached hydrogen (secondary N) is 2. The second-order valence-electron chi connectivity index (χ2n) is 8.70. The van der Waals surface area contributed by atoms with Gasteiger partial charge in [-0.1, -0.05) is 26.0 Å². The van der Waals surface area contributed by atoms with Crippen LogP contribution in [0.15, 0.2) is 29.3 Å². The molecule has 1 aliphatic rings. The Labute approximate surface area is 194 Å². The summed E-state index contributed by atoms with van der Waals surface area (Å²) in [7, 11) is 3.97. The van der Waals surface area contributed by atoms with Gasteiger partial charge in [-0.15, -0.1) is 0 Å². The zero-order chi connectivity index (χ0) is 23.2. The molecular formula is C25H44N4O3. The topological polar surface area (TPSA) is 67.3 Å². The Hall–Kier alpha value is -1.83. The van der Waals surface area contributed by atoms with Gasteiger partial charge in [0, 0.05) is 52.5 Å². The van der Waals surface area contributed by atoms with Crippen molar-refractivity contribution in [1.29, 1.82) is 0 Å². The minimum atomic E-state index is 0.268. The largest absolute Gasteiger partial charge is 0.492 e. The van der Waals surface area contributed by atoms with E-state index in [1.807, 2.05) is 19.1 Å². The molecule has 0 spiro atoms. The molecule has 1 aromatic rings.